The fourth-order valence-electron chi connectivity index (χ4n) is 3.70. The summed E-state index contributed by atoms with van der Waals surface area (Å²) in [5.41, 5.74) is -0.132. The van der Waals surface area contributed by atoms with Gasteiger partial charge in [-0.1, -0.05) is 17.7 Å². The van der Waals surface area contributed by atoms with Crippen LogP contribution in [0.2, 0.25) is 5.15 Å². The Kier molecular flexibility index (Phi) is 5.90. The summed E-state index contributed by atoms with van der Waals surface area (Å²) in [5, 5.41) is 4.35. The lowest BCUT2D eigenvalue weighted by molar-refractivity contribution is -0.137. The number of anilines is 1. The van der Waals surface area contributed by atoms with Crippen LogP contribution in [0.3, 0.4) is 0 Å². The van der Waals surface area contributed by atoms with E-state index in [9.17, 15) is 18.0 Å². The van der Waals surface area contributed by atoms with Crippen LogP contribution in [-0.4, -0.2) is 57.4 Å². The largest absolute Gasteiger partial charge is 0.444 e. The van der Waals surface area contributed by atoms with Crippen LogP contribution in [0.15, 0.2) is 36.5 Å². The van der Waals surface area contributed by atoms with Crippen molar-refractivity contribution in [3.05, 3.63) is 47.2 Å². The van der Waals surface area contributed by atoms with Gasteiger partial charge in [-0.25, -0.2) is 14.3 Å². The zero-order chi connectivity index (χ0) is 24.0. The van der Waals surface area contributed by atoms with Gasteiger partial charge in [0.1, 0.15) is 10.8 Å². The summed E-state index contributed by atoms with van der Waals surface area (Å²) in [7, 11) is 0. The van der Waals surface area contributed by atoms with Crippen molar-refractivity contribution < 1.29 is 22.7 Å². The lowest BCUT2D eigenvalue weighted by atomic mass is 10.0. The van der Waals surface area contributed by atoms with Crippen LogP contribution in [0.5, 0.6) is 0 Å². The number of aromatic nitrogens is 3. The molecule has 1 aliphatic rings. The van der Waals surface area contributed by atoms with E-state index in [0.29, 0.717) is 16.9 Å². The normalized spacial score (nSPS) is 15.2. The molecule has 4 rings (SSSR count). The van der Waals surface area contributed by atoms with Gasteiger partial charge in [0.15, 0.2) is 5.65 Å². The van der Waals surface area contributed by atoms with E-state index in [1.807, 2.05) is 0 Å². The summed E-state index contributed by atoms with van der Waals surface area (Å²) in [4.78, 5) is 19.6. The summed E-state index contributed by atoms with van der Waals surface area (Å²) in [5.74, 6) is 0. The average molecular weight is 482 g/mol. The van der Waals surface area contributed by atoms with Crippen LogP contribution in [0.4, 0.5) is 23.7 Å². The molecule has 0 saturated carbocycles. The van der Waals surface area contributed by atoms with Gasteiger partial charge in [0, 0.05) is 37.4 Å². The third-order valence-electron chi connectivity index (χ3n) is 5.20. The Hall–Kier alpha value is -3.01. The van der Waals surface area contributed by atoms with Crippen LogP contribution in [0, 0.1) is 0 Å². The lowest BCUT2D eigenvalue weighted by Crippen LogP contribution is -2.50. The standard InChI is InChI=1S/C22H23ClF3N5O2/c1-21(2,3)33-20(32)30-10-8-29(9-11-30)16-5-4-14(12-15(16)22(24,25)26)17-13-27-19-7-6-18(23)28-31(17)19/h4-7,12-13H,8-11H2,1-3H3. The van der Waals surface area contributed by atoms with Crippen molar-refractivity contribution in [2.75, 3.05) is 31.1 Å². The van der Waals surface area contributed by atoms with Crippen LogP contribution in [0.1, 0.15) is 26.3 Å². The van der Waals surface area contributed by atoms with Crippen molar-refractivity contribution in [2.45, 2.75) is 32.5 Å². The first-order valence-corrected chi connectivity index (χ1v) is 10.7. The number of amides is 1. The Morgan fingerprint density at radius 3 is 2.39 bits per heavy atom. The molecular weight excluding hydrogens is 459 g/mol. The number of fused-ring (bicyclic) bond motifs is 1. The third kappa shape index (κ3) is 5.00. The van der Waals surface area contributed by atoms with E-state index < -0.39 is 23.4 Å². The third-order valence-corrected chi connectivity index (χ3v) is 5.40. The van der Waals surface area contributed by atoms with Gasteiger partial charge in [-0.05, 0) is 45.0 Å². The van der Waals surface area contributed by atoms with Crippen LogP contribution in [0.25, 0.3) is 16.9 Å². The maximum atomic E-state index is 14.0. The molecule has 1 aliphatic heterocycles. The minimum absolute atomic E-state index is 0.0647. The van der Waals surface area contributed by atoms with E-state index in [1.165, 1.54) is 21.7 Å². The minimum atomic E-state index is -4.57. The van der Waals surface area contributed by atoms with Crippen molar-refractivity contribution in [3.8, 4) is 11.3 Å². The number of rotatable bonds is 2. The monoisotopic (exact) mass is 481 g/mol. The van der Waals surface area contributed by atoms with Crippen molar-refractivity contribution in [3.63, 3.8) is 0 Å². The molecular formula is C22H23ClF3N5O2. The van der Waals surface area contributed by atoms with Crippen molar-refractivity contribution >= 4 is 29.0 Å². The highest BCUT2D eigenvalue weighted by Gasteiger charge is 2.36. The number of ether oxygens (including phenoxy) is 1. The van der Waals surface area contributed by atoms with E-state index in [-0.39, 0.29) is 37.0 Å². The number of alkyl halides is 3. The van der Waals surface area contributed by atoms with Crippen molar-refractivity contribution in [1.29, 1.82) is 0 Å². The van der Waals surface area contributed by atoms with Gasteiger partial charge < -0.3 is 14.5 Å². The second kappa shape index (κ2) is 8.40. The summed E-state index contributed by atoms with van der Waals surface area (Å²) in [6.45, 7) is 6.36. The highest BCUT2D eigenvalue weighted by atomic mass is 35.5. The Bertz CT molecular complexity index is 1180. The Labute approximate surface area is 193 Å². The molecule has 2 aromatic heterocycles. The molecule has 176 valence electrons. The second-order valence-electron chi connectivity index (χ2n) is 8.75. The number of carbonyl (C=O) groups is 1. The summed E-state index contributed by atoms with van der Waals surface area (Å²) < 4.78 is 48.8. The quantitative estimate of drug-likeness (QED) is 0.508. The number of hydrogen-bond acceptors (Lipinski definition) is 5. The van der Waals surface area contributed by atoms with Crippen molar-refractivity contribution in [1.82, 2.24) is 19.5 Å². The molecule has 0 bridgehead atoms. The van der Waals surface area contributed by atoms with E-state index in [2.05, 4.69) is 10.1 Å². The van der Waals surface area contributed by atoms with Gasteiger partial charge in [-0.3, -0.25) is 0 Å². The zero-order valence-corrected chi connectivity index (χ0v) is 19.1. The molecule has 0 atom stereocenters. The fourth-order valence-corrected chi connectivity index (χ4v) is 3.84. The van der Waals surface area contributed by atoms with Gasteiger partial charge in [0.05, 0.1) is 17.5 Å². The molecule has 0 unspecified atom stereocenters. The summed E-state index contributed by atoms with van der Waals surface area (Å²) in [6, 6.07) is 7.36. The van der Waals surface area contributed by atoms with E-state index in [4.69, 9.17) is 16.3 Å². The molecule has 3 aromatic rings. The summed E-state index contributed by atoms with van der Waals surface area (Å²) in [6.07, 6.45) is -3.57. The van der Waals surface area contributed by atoms with Gasteiger partial charge >= 0.3 is 12.3 Å². The van der Waals surface area contributed by atoms with Crippen LogP contribution in [-0.2, 0) is 10.9 Å². The van der Waals surface area contributed by atoms with Crippen LogP contribution >= 0.6 is 11.6 Å². The fraction of sp³-hybridized carbons (Fsp3) is 0.409. The number of piperazine rings is 1. The molecule has 0 spiro atoms. The maximum absolute atomic E-state index is 14.0. The molecule has 7 nitrogen and oxygen atoms in total. The average Bonchev–Trinajstić information content (AvgIpc) is 3.14. The molecule has 3 heterocycles. The van der Waals surface area contributed by atoms with E-state index >= 15 is 0 Å². The van der Waals surface area contributed by atoms with Crippen molar-refractivity contribution in [2.24, 2.45) is 0 Å². The molecule has 0 radical (unpaired) electrons. The van der Waals surface area contributed by atoms with E-state index in [1.54, 1.807) is 43.9 Å². The number of benzene rings is 1. The van der Waals surface area contributed by atoms with Gasteiger partial charge in [0.25, 0.3) is 0 Å². The van der Waals surface area contributed by atoms with Gasteiger partial charge in [-0.15, -0.1) is 0 Å². The number of hydrogen-bond donors (Lipinski definition) is 0. The maximum Gasteiger partial charge on any atom is 0.418 e. The predicted molar refractivity (Wildman–Crippen MR) is 118 cm³/mol. The zero-order valence-electron chi connectivity index (χ0n) is 18.4. The minimum Gasteiger partial charge on any atom is -0.444 e. The first kappa shape index (κ1) is 23.2. The highest BCUT2D eigenvalue weighted by molar-refractivity contribution is 6.29. The van der Waals surface area contributed by atoms with E-state index in [0.717, 1.165) is 6.07 Å². The molecule has 1 fully saturated rings. The number of halogens is 4. The smallest absolute Gasteiger partial charge is 0.418 e. The van der Waals surface area contributed by atoms with Gasteiger partial charge in [0.2, 0.25) is 0 Å². The molecule has 1 amide bonds. The molecule has 0 N–H and O–H groups in total. The second-order valence-corrected chi connectivity index (χ2v) is 9.14. The number of carbonyl (C=O) groups excluding carboxylic acids is 1. The lowest BCUT2D eigenvalue weighted by Gasteiger charge is -2.37. The molecule has 11 heteroatoms. The SMILES string of the molecule is CC(C)(C)OC(=O)N1CCN(c2ccc(-c3cnc4ccc(Cl)nn34)cc2C(F)(F)F)CC1. The molecule has 33 heavy (non-hydrogen) atoms. The Morgan fingerprint density at radius 2 is 1.76 bits per heavy atom. The Balaban J connectivity index is 1.61. The molecule has 0 aliphatic carbocycles. The first-order valence-electron chi connectivity index (χ1n) is 10.4. The van der Waals surface area contributed by atoms with Gasteiger partial charge in [-0.2, -0.15) is 18.3 Å². The van der Waals surface area contributed by atoms with Crippen LogP contribution < -0.4 is 4.90 Å². The highest BCUT2D eigenvalue weighted by Crippen LogP contribution is 2.39. The predicted octanol–water partition coefficient (Wildman–Crippen LogP) is 5.13. The first-order chi connectivity index (χ1) is 15.4. The number of nitrogens with zero attached hydrogens (tertiary/aromatic N) is 5. The molecule has 1 aromatic carbocycles. The summed E-state index contributed by atoms with van der Waals surface area (Å²) >= 11 is 5.95. The molecule has 1 saturated heterocycles. The topological polar surface area (TPSA) is 63.0 Å². The number of imidazole rings is 1. The Morgan fingerprint density at radius 1 is 1.06 bits per heavy atom.